The van der Waals surface area contributed by atoms with Crippen molar-refractivity contribution in [3.63, 3.8) is 0 Å². The summed E-state index contributed by atoms with van der Waals surface area (Å²) in [5.41, 5.74) is 8.12. The number of fused-ring (bicyclic) bond motifs is 1. The molecule has 1 aliphatic carbocycles. The van der Waals surface area contributed by atoms with Crippen LogP contribution in [0.2, 0.25) is 0 Å². The lowest BCUT2D eigenvalue weighted by Crippen LogP contribution is -2.32. The molecule has 5 nitrogen and oxygen atoms in total. The van der Waals surface area contributed by atoms with Crippen LogP contribution in [0.5, 0.6) is 0 Å². The fourth-order valence-electron chi connectivity index (χ4n) is 2.55. The number of amides is 1. The van der Waals surface area contributed by atoms with Gasteiger partial charge >= 0.3 is 0 Å². The molecule has 1 aromatic heterocycles. The van der Waals surface area contributed by atoms with Crippen LogP contribution in [0.1, 0.15) is 30.0 Å². The molecular weight excluding hydrogens is 304 g/mol. The van der Waals surface area contributed by atoms with Gasteiger partial charge in [0.15, 0.2) is 4.34 Å². The number of nitrogens with one attached hydrogen (secondary N) is 1. The SMILES string of the molecule is Nc1nnc(SCC(=O)N[C@H]2CCCc3ccccc32)s1. The zero-order valence-corrected chi connectivity index (χ0v) is 13.0. The Morgan fingerprint density at radius 3 is 3.10 bits per heavy atom. The molecule has 110 valence electrons. The van der Waals surface area contributed by atoms with Gasteiger partial charge in [-0.05, 0) is 30.4 Å². The molecule has 1 aliphatic rings. The van der Waals surface area contributed by atoms with E-state index in [-0.39, 0.29) is 11.9 Å². The van der Waals surface area contributed by atoms with Gasteiger partial charge in [0.25, 0.3) is 0 Å². The summed E-state index contributed by atoms with van der Waals surface area (Å²) in [6, 6.07) is 8.47. The second-order valence-corrected chi connectivity index (χ2v) is 7.14. The molecule has 0 saturated carbocycles. The van der Waals surface area contributed by atoms with E-state index < -0.39 is 0 Å². The number of hydrogen-bond acceptors (Lipinski definition) is 6. The van der Waals surface area contributed by atoms with Gasteiger partial charge in [-0.15, -0.1) is 10.2 Å². The van der Waals surface area contributed by atoms with Crippen LogP contribution in [-0.4, -0.2) is 21.9 Å². The fraction of sp³-hybridized carbons (Fsp3) is 0.357. The number of anilines is 1. The van der Waals surface area contributed by atoms with Crippen molar-refractivity contribution < 1.29 is 4.79 Å². The second-order valence-electron chi connectivity index (χ2n) is 4.91. The number of nitrogens with two attached hydrogens (primary N) is 1. The average Bonchev–Trinajstić information content (AvgIpc) is 2.91. The first kappa shape index (κ1) is 14.3. The Morgan fingerprint density at radius 2 is 2.29 bits per heavy atom. The van der Waals surface area contributed by atoms with Gasteiger partial charge in [-0.25, -0.2) is 0 Å². The number of thioether (sulfide) groups is 1. The number of carbonyl (C=O) groups is 1. The van der Waals surface area contributed by atoms with E-state index in [1.807, 2.05) is 6.07 Å². The summed E-state index contributed by atoms with van der Waals surface area (Å²) in [6.45, 7) is 0. The Morgan fingerprint density at radius 1 is 1.43 bits per heavy atom. The maximum absolute atomic E-state index is 12.1. The van der Waals surface area contributed by atoms with E-state index in [4.69, 9.17) is 5.73 Å². The van der Waals surface area contributed by atoms with Crippen LogP contribution in [0.15, 0.2) is 28.6 Å². The molecule has 1 amide bonds. The molecule has 21 heavy (non-hydrogen) atoms. The highest BCUT2D eigenvalue weighted by Crippen LogP contribution is 2.30. The minimum Gasteiger partial charge on any atom is -0.374 e. The highest BCUT2D eigenvalue weighted by molar-refractivity contribution is 8.01. The number of benzene rings is 1. The predicted molar refractivity (Wildman–Crippen MR) is 85.3 cm³/mol. The number of hydrogen-bond donors (Lipinski definition) is 2. The van der Waals surface area contributed by atoms with Gasteiger partial charge in [-0.3, -0.25) is 4.79 Å². The van der Waals surface area contributed by atoms with Gasteiger partial charge in [0.2, 0.25) is 11.0 Å². The van der Waals surface area contributed by atoms with Gasteiger partial charge in [0, 0.05) is 0 Å². The maximum Gasteiger partial charge on any atom is 0.230 e. The van der Waals surface area contributed by atoms with E-state index in [1.54, 1.807) is 0 Å². The number of nitrogens with zero attached hydrogens (tertiary/aromatic N) is 2. The Kier molecular flexibility index (Phi) is 4.40. The Balaban J connectivity index is 1.58. The molecule has 0 unspecified atom stereocenters. The minimum absolute atomic E-state index is 0.0236. The summed E-state index contributed by atoms with van der Waals surface area (Å²) >= 11 is 2.67. The lowest BCUT2D eigenvalue weighted by atomic mass is 9.88. The normalized spacial score (nSPS) is 17.2. The summed E-state index contributed by atoms with van der Waals surface area (Å²) < 4.78 is 0.728. The van der Waals surface area contributed by atoms with Crippen LogP contribution in [0.3, 0.4) is 0 Å². The van der Waals surface area contributed by atoms with Crippen LogP contribution in [-0.2, 0) is 11.2 Å². The van der Waals surface area contributed by atoms with Crippen molar-refractivity contribution in [1.29, 1.82) is 0 Å². The second kappa shape index (κ2) is 6.44. The highest BCUT2D eigenvalue weighted by Gasteiger charge is 2.21. The molecule has 1 aromatic carbocycles. The lowest BCUT2D eigenvalue weighted by molar-refractivity contribution is -0.119. The summed E-state index contributed by atoms with van der Waals surface area (Å²) in [7, 11) is 0. The monoisotopic (exact) mass is 320 g/mol. The first-order valence-electron chi connectivity index (χ1n) is 6.81. The molecule has 0 radical (unpaired) electrons. The molecule has 0 spiro atoms. The van der Waals surface area contributed by atoms with E-state index in [2.05, 4.69) is 33.7 Å². The third-order valence-corrected chi connectivity index (χ3v) is 5.34. The first-order valence-corrected chi connectivity index (χ1v) is 8.61. The molecule has 1 heterocycles. The first-order chi connectivity index (χ1) is 10.2. The number of nitrogen functional groups attached to an aromatic ring is 1. The predicted octanol–water partition coefficient (Wildman–Crippen LogP) is 2.41. The third kappa shape index (κ3) is 3.54. The molecular formula is C14H16N4OS2. The maximum atomic E-state index is 12.1. The van der Waals surface area contributed by atoms with Crippen molar-refractivity contribution in [2.75, 3.05) is 11.5 Å². The van der Waals surface area contributed by atoms with Gasteiger partial charge in [0.05, 0.1) is 11.8 Å². The smallest absolute Gasteiger partial charge is 0.230 e. The zero-order chi connectivity index (χ0) is 14.7. The van der Waals surface area contributed by atoms with Crippen LogP contribution in [0, 0.1) is 0 Å². The van der Waals surface area contributed by atoms with Crippen molar-refractivity contribution in [3.05, 3.63) is 35.4 Å². The van der Waals surface area contributed by atoms with Crippen LogP contribution >= 0.6 is 23.1 Å². The van der Waals surface area contributed by atoms with E-state index in [0.717, 1.165) is 23.6 Å². The molecule has 7 heteroatoms. The fourth-order valence-corrected chi connectivity index (χ4v) is 3.99. The van der Waals surface area contributed by atoms with Crippen molar-refractivity contribution in [2.24, 2.45) is 0 Å². The summed E-state index contributed by atoms with van der Waals surface area (Å²) in [5.74, 6) is 0.364. The Bertz CT molecular complexity index is 643. The van der Waals surface area contributed by atoms with E-state index in [0.29, 0.717) is 10.9 Å². The summed E-state index contributed by atoms with van der Waals surface area (Å²) in [4.78, 5) is 12.1. The molecule has 1 atom stereocenters. The number of carbonyl (C=O) groups excluding carboxylic acids is 1. The summed E-state index contributed by atoms with van der Waals surface area (Å²) in [6.07, 6.45) is 3.21. The Labute approximate surface area is 131 Å². The number of aromatic nitrogens is 2. The van der Waals surface area contributed by atoms with E-state index in [9.17, 15) is 4.79 Å². The number of rotatable bonds is 4. The van der Waals surface area contributed by atoms with Gasteiger partial charge < -0.3 is 11.1 Å². The van der Waals surface area contributed by atoms with Gasteiger partial charge in [-0.2, -0.15) is 0 Å². The molecule has 3 N–H and O–H groups in total. The molecule has 0 bridgehead atoms. The molecule has 2 aromatic rings. The Hall–Kier alpha value is -1.60. The molecule has 0 fully saturated rings. The topological polar surface area (TPSA) is 80.9 Å². The van der Waals surface area contributed by atoms with Crippen LogP contribution in [0.4, 0.5) is 5.13 Å². The molecule has 0 saturated heterocycles. The number of aryl methyl sites for hydroxylation is 1. The average molecular weight is 320 g/mol. The molecule has 3 rings (SSSR count). The minimum atomic E-state index is 0.0236. The third-order valence-electron chi connectivity index (χ3n) is 3.45. The lowest BCUT2D eigenvalue weighted by Gasteiger charge is -2.26. The van der Waals surface area contributed by atoms with Crippen molar-refractivity contribution in [2.45, 2.75) is 29.6 Å². The van der Waals surface area contributed by atoms with Crippen molar-refractivity contribution in [3.8, 4) is 0 Å². The molecule has 0 aliphatic heterocycles. The van der Waals surface area contributed by atoms with E-state index >= 15 is 0 Å². The van der Waals surface area contributed by atoms with E-state index in [1.165, 1.54) is 34.2 Å². The van der Waals surface area contributed by atoms with Gasteiger partial charge in [-0.1, -0.05) is 47.4 Å². The van der Waals surface area contributed by atoms with Crippen molar-refractivity contribution >= 4 is 34.1 Å². The summed E-state index contributed by atoms with van der Waals surface area (Å²) in [5, 5.41) is 11.2. The standard InChI is InChI=1S/C14H16N4OS2/c15-13-17-18-14(21-13)20-8-12(19)16-11-7-3-5-9-4-1-2-6-10(9)11/h1-2,4,6,11H,3,5,7-8H2,(H2,15,17)(H,16,19)/t11-/m0/s1. The largest absolute Gasteiger partial charge is 0.374 e. The quantitative estimate of drug-likeness (QED) is 0.846. The van der Waals surface area contributed by atoms with Crippen molar-refractivity contribution in [1.82, 2.24) is 15.5 Å². The van der Waals surface area contributed by atoms with Gasteiger partial charge in [0.1, 0.15) is 0 Å². The zero-order valence-electron chi connectivity index (χ0n) is 11.4. The highest BCUT2D eigenvalue weighted by atomic mass is 32.2. The van der Waals surface area contributed by atoms with Crippen LogP contribution < -0.4 is 11.1 Å². The van der Waals surface area contributed by atoms with Crippen LogP contribution in [0.25, 0.3) is 0 Å².